The van der Waals surface area contributed by atoms with Crippen molar-refractivity contribution in [2.24, 2.45) is 35.3 Å². The summed E-state index contributed by atoms with van der Waals surface area (Å²) in [7, 11) is 0. The van der Waals surface area contributed by atoms with Crippen LogP contribution in [0.5, 0.6) is 0 Å². The molecule has 2 bridgehead atoms. The number of nitrogens with two attached hydrogens (primary N) is 1. The van der Waals surface area contributed by atoms with Gasteiger partial charge in [0.05, 0.1) is 5.54 Å². The summed E-state index contributed by atoms with van der Waals surface area (Å²) in [6.45, 7) is 3.79. The van der Waals surface area contributed by atoms with Gasteiger partial charge in [-0.25, -0.2) is 0 Å². The summed E-state index contributed by atoms with van der Waals surface area (Å²) in [6, 6.07) is 0. The first-order valence-corrected chi connectivity index (χ1v) is 7.70. The van der Waals surface area contributed by atoms with E-state index in [1.54, 1.807) is 0 Å². The Morgan fingerprint density at radius 1 is 1.28 bits per heavy atom. The van der Waals surface area contributed by atoms with Gasteiger partial charge in [-0.3, -0.25) is 4.79 Å². The molecule has 3 aliphatic carbocycles. The van der Waals surface area contributed by atoms with Crippen molar-refractivity contribution in [1.29, 1.82) is 0 Å². The molecule has 4 unspecified atom stereocenters. The summed E-state index contributed by atoms with van der Waals surface area (Å²) >= 11 is 0. The van der Waals surface area contributed by atoms with Crippen LogP contribution in [0, 0.1) is 29.6 Å². The van der Waals surface area contributed by atoms with Crippen LogP contribution in [-0.4, -0.2) is 29.4 Å². The number of carbonyl (C=O) groups excluding carboxylic acids is 1. The molecule has 1 amide bonds. The number of fused-ring (bicyclic) bond motifs is 5. The SMILES string of the molecule is CCCC1(N)CN(C(=O)C2C3C4CCC(C4)C23)C1. The Kier molecular flexibility index (Phi) is 2.19. The molecule has 18 heavy (non-hydrogen) atoms. The van der Waals surface area contributed by atoms with Crippen LogP contribution in [-0.2, 0) is 4.79 Å². The minimum Gasteiger partial charge on any atom is -0.339 e. The molecule has 4 fully saturated rings. The van der Waals surface area contributed by atoms with Crippen molar-refractivity contribution in [2.45, 2.75) is 44.6 Å². The molecule has 0 aromatic rings. The number of nitrogens with zero attached hydrogens (tertiary/aromatic N) is 1. The molecule has 0 aromatic carbocycles. The quantitative estimate of drug-likeness (QED) is 0.825. The highest BCUT2D eigenvalue weighted by molar-refractivity contribution is 5.84. The second-order valence-corrected chi connectivity index (χ2v) is 7.32. The maximum Gasteiger partial charge on any atom is 0.226 e. The van der Waals surface area contributed by atoms with Crippen LogP contribution in [0.1, 0.15) is 39.0 Å². The maximum absolute atomic E-state index is 12.5. The van der Waals surface area contributed by atoms with E-state index in [4.69, 9.17) is 5.73 Å². The van der Waals surface area contributed by atoms with Gasteiger partial charge in [-0.15, -0.1) is 0 Å². The lowest BCUT2D eigenvalue weighted by Gasteiger charge is -2.48. The normalized spacial score (nSPS) is 46.8. The van der Waals surface area contributed by atoms with Crippen LogP contribution in [0.3, 0.4) is 0 Å². The summed E-state index contributed by atoms with van der Waals surface area (Å²) < 4.78 is 0. The molecule has 0 aromatic heterocycles. The third kappa shape index (κ3) is 1.37. The van der Waals surface area contributed by atoms with E-state index in [2.05, 4.69) is 6.92 Å². The third-order valence-corrected chi connectivity index (χ3v) is 6.09. The Balaban J connectivity index is 1.37. The first kappa shape index (κ1) is 11.3. The van der Waals surface area contributed by atoms with Gasteiger partial charge in [0.2, 0.25) is 5.91 Å². The fraction of sp³-hybridized carbons (Fsp3) is 0.933. The van der Waals surface area contributed by atoms with E-state index in [0.717, 1.165) is 49.6 Å². The van der Waals surface area contributed by atoms with Crippen molar-refractivity contribution in [3.63, 3.8) is 0 Å². The van der Waals surface area contributed by atoms with Gasteiger partial charge in [-0.1, -0.05) is 13.3 Å². The van der Waals surface area contributed by atoms with Gasteiger partial charge in [-0.2, -0.15) is 0 Å². The molecule has 3 nitrogen and oxygen atoms in total. The summed E-state index contributed by atoms with van der Waals surface area (Å²) in [6.07, 6.45) is 6.39. The van der Waals surface area contributed by atoms with E-state index in [0.29, 0.717) is 11.8 Å². The van der Waals surface area contributed by atoms with Crippen molar-refractivity contribution in [2.75, 3.05) is 13.1 Å². The first-order valence-electron chi connectivity index (χ1n) is 7.70. The fourth-order valence-corrected chi connectivity index (χ4v) is 5.39. The van der Waals surface area contributed by atoms with Crippen molar-refractivity contribution in [3.8, 4) is 0 Å². The third-order valence-electron chi connectivity index (χ3n) is 6.09. The van der Waals surface area contributed by atoms with Crippen LogP contribution in [0.15, 0.2) is 0 Å². The van der Waals surface area contributed by atoms with Crippen LogP contribution < -0.4 is 5.73 Å². The molecule has 1 heterocycles. The van der Waals surface area contributed by atoms with Gasteiger partial charge in [0.25, 0.3) is 0 Å². The number of hydrogen-bond acceptors (Lipinski definition) is 2. The zero-order chi connectivity index (χ0) is 12.5. The molecule has 0 radical (unpaired) electrons. The second kappa shape index (κ2) is 3.50. The number of likely N-dealkylation sites (tertiary alicyclic amines) is 1. The Bertz CT molecular complexity index is 372. The molecule has 4 rings (SSSR count). The van der Waals surface area contributed by atoms with E-state index in [1.165, 1.54) is 19.3 Å². The fourth-order valence-electron chi connectivity index (χ4n) is 5.39. The Morgan fingerprint density at radius 2 is 1.89 bits per heavy atom. The zero-order valence-electron chi connectivity index (χ0n) is 11.3. The van der Waals surface area contributed by atoms with Crippen molar-refractivity contribution < 1.29 is 4.79 Å². The average Bonchev–Trinajstić information content (AvgIpc) is 2.74. The average molecular weight is 248 g/mol. The molecule has 100 valence electrons. The van der Waals surface area contributed by atoms with Gasteiger partial charge >= 0.3 is 0 Å². The van der Waals surface area contributed by atoms with Crippen LogP contribution in [0.25, 0.3) is 0 Å². The van der Waals surface area contributed by atoms with Crippen molar-refractivity contribution >= 4 is 5.91 Å². The van der Waals surface area contributed by atoms with Crippen LogP contribution in [0.2, 0.25) is 0 Å². The minimum absolute atomic E-state index is 0.0621. The number of amides is 1. The lowest BCUT2D eigenvalue weighted by atomic mass is 9.85. The molecule has 0 spiro atoms. The van der Waals surface area contributed by atoms with E-state index >= 15 is 0 Å². The van der Waals surface area contributed by atoms with Crippen LogP contribution >= 0.6 is 0 Å². The van der Waals surface area contributed by atoms with Crippen molar-refractivity contribution in [3.05, 3.63) is 0 Å². The van der Waals surface area contributed by atoms with E-state index in [-0.39, 0.29) is 5.54 Å². The summed E-state index contributed by atoms with van der Waals surface area (Å²) in [5.74, 6) is 4.19. The smallest absolute Gasteiger partial charge is 0.226 e. The molecule has 2 N–H and O–H groups in total. The summed E-state index contributed by atoms with van der Waals surface area (Å²) in [5.41, 5.74) is 6.19. The number of hydrogen-bond donors (Lipinski definition) is 1. The van der Waals surface area contributed by atoms with E-state index in [1.807, 2.05) is 4.90 Å². The van der Waals surface area contributed by atoms with Gasteiger partial charge in [0.1, 0.15) is 0 Å². The lowest BCUT2D eigenvalue weighted by molar-refractivity contribution is -0.141. The molecule has 3 heteroatoms. The largest absolute Gasteiger partial charge is 0.339 e. The Hall–Kier alpha value is -0.570. The summed E-state index contributed by atoms with van der Waals surface area (Å²) in [4.78, 5) is 14.5. The lowest BCUT2D eigenvalue weighted by Crippen LogP contribution is -2.68. The maximum atomic E-state index is 12.5. The highest BCUT2D eigenvalue weighted by Gasteiger charge is 2.68. The van der Waals surface area contributed by atoms with E-state index < -0.39 is 0 Å². The molecule has 4 atom stereocenters. The van der Waals surface area contributed by atoms with Gasteiger partial charge in [0.15, 0.2) is 0 Å². The van der Waals surface area contributed by atoms with E-state index in [9.17, 15) is 4.79 Å². The van der Waals surface area contributed by atoms with Gasteiger partial charge in [-0.05, 0) is 49.4 Å². The minimum atomic E-state index is -0.0621. The highest BCUT2D eigenvalue weighted by atomic mass is 16.2. The van der Waals surface area contributed by atoms with Gasteiger partial charge < -0.3 is 10.6 Å². The standard InChI is InChI=1S/C15H24N2O/c1-2-5-15(16)7-17(8-15)14(18)13-11-9-3-4-10(6-9)12(11)13/h9-13H,2-8,16H2,1H3. The molecule has 1 aliphatic heterocycles. The Labute approximate surface area is 109 Å². The highest BCUT2D eigenvalue weighted by Crippen LogP contribution is 2.69. The Morgan fingerprint density at radius 3 is 2.44 bits per heavy atom. The number of rotatable bonds is 3. The van der Waals surface area contributed by atoms with Gasteiger partial charge in [0, 0.05) is 19.0 Å². The first-order chi connectivity index (χ1) is 8.63. The molecule has 3 saturated carbocycles. The van der Waals surface area contributed by atoms with Crippen molar-refractivity contribution in [1.82, 2.24) is 4.90 Å². The zero-order valence-corrected chi connectivity index (χ0v) is 11.3. The molecule has 1 saturated heterocycles. The monoisotopic (exact) mass is 248 g/mol. The molecular weight excluding hydrogens is 224 g/mol. The van der Waals surface area contributed by atoms with Crippen LogP contribution in [0.4, 0.5) is 0 Å². The molecular formula is C15H24N2O. The predicted octanol–water partition coefficient (Wildman–Crippen LogP) is 1.62. The summed E-state index contributed by atoms with van der Waals surface area (Å²) in [5, 5.41) is 0. The molecule has 4 aliphatic rings. The number of carbonyl (C=O) groups is 1. The topological polar surface area (TPSA) is 46.3 Å². The second-order valence-electron chi connectivity index (χ2n) is 7.32. The predicted molar refractivity (Wildman–Crippen MR) is 69.7 cm³/mol.